The summed E-state index contributed by atoms with van der Waals surface area (Å²) in [7, 11) is 3.89. The summed E-state index contributed by atoms with van der Waals surface area (Å²) in [5.74, 6) is -0.778. The molecule has 0 atom stereocenters. The highest BCUT2D eigenvalue weighted by molar-refractivity contribution is 6.05. The molecule has 1 rings (SSSR count). The number of carbonyl (C=O) groups is 2. The van der Waals surface area contributed by atoms with Gasteiger partial charge in [-0.2, -0.15) is 0 Å². The number of benzene rings is 1. The zero-order valence-corrected chi connectivity index (χ0v) is 20.4. The standard InChI is InChI=1S/C26H36O6/c1-18(2)10-8-11-19(3)12-9-13-20(4)14-15-32-21-16-22(25(27)30-6)24(26(28)31-7)23(17-21)29-5/h10,12,14,16-17H,8-9,11,13,15H2,1-7H3. The summed E-state index contributed by atoms with van der Waals surface area (Å²) < 4.78 is 20.6. The van der Waals surface area contributed by atoms with Crippen molar-refractivity contribution in [3.05, 3.63) is 58.2 Å². The van der Waals surface area contributed by atoms with Gasteiger partial charge in [0.05, 0.1) is 26.9 Å². The Kier molecular flexibility index (Phi) is 11.9. The zero-order chi connectivity index (χ0) is 24.1. The Bertz CT molecular complexity index is 873. The van der Waals surface area contributed by atoms with Crippen molar-refractivity contribution in [3.8, 4) is 11.5 Å². The lowest BCUT2D eigenvalue weighted by Gasteiger charge is -2.14. The molecule has 0 saturated carbocycles. The first-order chi connectivity index (χ1) is 15.2. The maximum atomic E-state index is 12.2. The first-order valence-corrected chi connectivity index (χ1v) is 10.7. The number of ether oxygens (including phenoxy) is 4. The third kappa shape index (κ3) is 9.00. The van der Waals surface area contributed by atoms with E-state index in [1.807, 2.05) is 6.08 Å². The molecule has 0 unspecified atom stereocenters. The molecule has 6 heteroatoms. The smallest absolute Gasteiger partial charge is 0.342 e. The van der Waals surface area contributed by atoms with Gasteiger partial charge in [-0.05, 0) is 65.5 Å². The van der Waals surface area contributed by atoms with Crippen LogP contribution in [0.15, 0.2) is 47.1 Å². The number of hydrogen-bond donors (Lipinski definition) is 0. The average Bonchev–Trinajstić information content (AvgIpc) is 2.77. The van der Waals surface area contributed by atoms with Gasteiger partial charge in [-0.25, -0.2) is 9.59 Å². The van der Waals surface area contributed by atoms with Crippen LogP contribution in [0.1, 0.15) is 74.1 Å². The summed E-state index contributed by atoms with van der Waals surface area (Å²) in [6.45, 7) is 8.81. The van der Waals surface area contributed by atoms with Crippen molar-refractivity contribution < 1.29 is 28.5 Å². The fraction of sp³-hybridized carbons (Fsp3) is 0.462. The summed E-state index contributed by atoms with van der Waals surface area (Å²) in [6.07, 6.45) is 10.7. The molecule has 0 aliphatic heterocycles. The van der Waals surface area contributed by atoms with Gasteiger partial charge < -0.3 is 18.9 Å². The zero-order valence-electron chi connectivity index (χ0n) is 20.4. The van der Waals surface area contributed by atoms with Crippen LogP contribution >= 0.6 is 0 Å². The second-order valence-corrected chi connectivity index (χ2v) is 7.80. The highest BCUT2D eigenvalue weighted by atomic mass is 16.5. The van der Waals surface area contributed by atoms with Gasteiger partial charge in [-0.1, -0.05) is 28.9 Å². The number of allylic oxidation sites excluding steroid dienone is 5. The van der Waals surface area contributed by atoms with E-state index >= 15 is 0 Å². The molecule has 0 radical (unpaired) electrons. The predicted octanol–water partition coefficient (Wildman–Crippen LogP) is 6.07. The largest absolute Gasteiger partial charge is 0.496 e. The van der Waals surface area contributed by atoms with Gasteiger partial charge in [0.1, 0.15) is 23.7 Å². The molecule has 0 saturated heterocycles. The third-order valence-electron chi connectivity index (χ3n) is 4.89. The van der Waals surface area contributed by atoms with Gasteiger partial charge in [0.25, 0.3) is 0 Å². The molecule has 0 aliphatic rings. The quantitative estimate of drug-likeness (QED) is 0.288. The average molecular weight is 445 g/mol. The summed E-state index contributed by atoms with van der Waals surface area (Å²) in [6, 6.07) is 3.02. The van der Waals surface area contributed by atoms with E-state index in [0.29, 0.717) is 12.4 Å². The maximum absolute atomic E-state index is 12.2. The van der Waals surface area contributed by atoms with E-state index < -0.39 is 11.9 Å². The molecule has 0 N–H and O–H groups in total. The molecule has 1 aromatic carbocycles. The number of carbonyl (C=O) groups excluding carboxylic acids is 2. The Morgan fingerprint density at radius 1 is 0.812 bits per heavy atom. The van der Waals surface area contributed by atoms with Gasteiger partial charge in [0, 0.05) is 6.07 Å². The number of hydrogen-bond acceptors (Lipinski definition) is 6. The minimum absolute atomic E-state index is 0.00710. The Labute approximate surface area is 191 Å². The first-order valence-electron chi connectivity index (χ1n) is 10.7. The minimum Gasteiger partial charge on any atom is -0.496 e. The molecule has 6 nitrogen and oxygen atoms in total. The van der Waals surface area contributed by atoms with Crippen molar-refractivity contribution in [1.29, 1.82) is 0 Å². The summed E-state index contributed by atoms with van der Waals surface area (Å²) in [5, 5.41) is 0. The van der Waals surface area contributed by atoms with E-state index in [4.69, 9.17) is 18.9 Å². The van der Waals surface area contributed by atoms with Crippen LogP contribution in [0.2, 0.25) is 0 Å². The summed E-state index contributed by atoms with van der Waals surface area (Å²) in [5.41, 5.74) is 4.01. The van der Waals surface area contributed by atoms with E-state index in [2.05, 4.69) is 39.8 Å². The number of rotatable bonds is 12. The van der Waals surface area contributed by atoms with Crippen LogP contribution < -0.4 is 9.47 Å². The third-order valence-corrected chi connectivity index (χ3v) is 4.89. The lowest BCUT2D eigenvalue weighted by molar-refractivity contribution is 0.0551. The summed E-state index contributed by atoms with van der Waals surface area (Å²) in [4.78, 5) is 24.3. The molecule has 0 bridgehead atoms. The number of esters is 2. The van der Waals surface area contributed by atoms with E-state index in [9.17, 15) is 9.59 Å². The lowest BCUT2D eigenvalue weighted by atomic mass is 10.1. The molecule has 0 aliphatic carbocycles. The molecule has 32 heavy (non-hydrogen) atoms. The molecule has 0 aromatic heterocycles. The van der Waals surface area contributed by atoms with Gasteiger partial charge in [0.2, 0.25) is 0 Å². The van der Waals surface area contributed by atoms with Gasteiger partial charge in [0.15, 0.2) is 0 Å². The van der Waals surface area contributed by atoms with Crippen molar-refractivity contribution in [1.82, 2.24) is 0 Å². The SMILES string of the molecule is COC(=O)c1cc(OCC=C(C)CCC=C(C)CCC=C(C)C)cc(OC)c1C(=O)OC. The Morgan fingerprint density at radius 3 is 1.97 bits per heavy atom. The van der Waals surface area contributed by atoms with Crippen molar-refractivity contribution >= 4 is 11.9 Å². The second kappa shape index (κ2) is 14.1. The normalized spacial score (nSPS) is 11.6. The Hall–Kier alpha value is -3.02. The fourth-order valence-corrected chi connectivity index (χ4v) is 3.04. The van der Waals surface area contributed by atoms with Crippen LogP contribution in [0, 0.1) is 0 Å². The molecular formula is C26H36O6. The van der Waals surface area contributed by atoms with Crippen molar-refractivity contribution in [3.63, 3.8) is 0 Å². The minimum atomic E-state index is -0.686. The topological polar surface area (TPSA) is 71.1 Å². The van der Waals surface area contributed by atoms with Crippen molar-refractivity contribution in [2.24, 2.45) is 0 Å². The van der Waals surface area contributed by atoms with E-state index in [-0.39, 0.29) is 16.9 Å². The monoisotopic (exact) mass is 444 g/mol. The molecule has 176 valence electrons. The highest BCUT2D eigenvalue weighted by Gasteiger charge is 2.25. The van der Waals surface area contributed by atoms with Crippen LogP contribution in [-0.4, -0.2) is 39.9 Å². The second-order valence-electron chi connectivity index (χ2n) is 7.80. The van der Waals surface area contributed by atoms with Crippen LogP contribution in [-0.2, 0) is 9.47 Å². The molecule has 0 spiro atoms. The van der Waals surface area contributed by atoms with E-state index in [1.165, 1.54) is 44.1 Å². The first kappa shape index (κ1) is 27.0. The Balaban J connectivity index is 2.78. The lowest BCUT2D eigenvalue weighted by Crippen LogP contribution is -2.14. The molecule has 0 amide bonds. The van der Waals surface area contributed by atoms with E-state index in [1.54, 1.807) is 6.07 Å². The van der Waals surface area contributed by atoms with Crippen LogP contribution in [0.5, 0.6) is 11.5 Å². The van der Waals surface area contributed by atoms with Crippen molar-refractivity contribution in [2.75, 3.05) is 27.9 Å². The predicted molar refractivity (Wildman–Crippen MR) is 127 cm³/mol. The van der Waals surface area contributed by atoms with Crippen LogP contribution in [0.25, 0.3) is 0 Å². The maximum Gasteiger partial charge on any atom is 0.342 e. The van der Waals surface area contributed by atoms with Gasteiger partial charge in [-0.3, -0.25) is 0 Å². The van der Waals surface area contributed by atoms with Crippen LogP contribution in [0.4, 0.5) is 0 Å². The summed E-state index contributed by atoms with van der Waals surface area (Å²) >= 11 is 0. The van der Waals surface area contributed by atoms with E-state index in [0.717, 1.165) is 25.7 Å². The fourth-order valence-electron chi connectivity index (χ4n) is 3.04. The molecule has 0 fully saturated rings. The molecular weight excluding hydrogens is 408 g/mol. The Morgan fingerprint density at radius 2 is 1.41 bits per heavy atom. The number of methoxy groups -OCH3 is 3. The van der Waals surface area contributed by atoms with Crippen molar-refractivity contribution in [2.45, 2.75) is 53.4 Å². The molecule has 0 heterocycles. The molecule has 1 aromatic rings. The van der Waals surface area contributed by atoms with Crippen LogP contribution in [0.3, 0.4) is 0 Å². The highest BCUT2D eigenvalue weighted by Crippen LogP contribution is 2.30. The van der Waals surface area contributed by atoms with Gasteiger partial charge >= 0.3 is 11.9 Å². The van der Waals surface area contributed by atoms with Gasteiger partial charge in [-0.15, -0.1) is 0 Å².